The molecule has 98 valence electrons. The monoisotopic (exact) mass is 248 g/mol. The third kappa shape index (κ3) is 4.24. The van der Waals surface area contributed by atoms with E-state index in [9.17, 15) is 0 Å². The topological polar surface area (TPSA) is 33.3 Å². The summed E-state index contributed by atoms with van der Waals surface area (Å²) in [7, 11) is -0.965. The van der Waals surface area contributed by atoms with Crippen molar-refractivity contribution in [2.24, 2.45) is 5.92 Å². The summed E-state index contributed by atoms with van der Waals surface area (Å²) in [5.74, 6) is 0.608. The molecule has 0 aliphatic carbocycles. The molecule has 1 saturated heterocycles. The Morgan fingerprint density at radius 3 is 2.06 bits per heavy atom. The molecule has 1 fully saturated rings. The Bertz CT molecular complexity index is 206. The Balaban J connectivity index is 2.37. The van der Waals surface area contributed by atoms with E-state index in [0.29, 0.717) is 5.92 Å². The van der Waals surface area contributed by atoms with E-state index in [1.165, 1.54) is 0 Å². The lowest BCUT2D eigenvalue weighted by Crippen LogP contribution is -2.31. The van der Waals surface area contributed by atoms with E-state index in [2.05, 4.69) is 43.9 Å². The van der Waals surface area contributed by atoms with Crippen molar-refractivity contribution in [1.82, 2.24) is 10.6 Å². The number of nitrogens with one attached hydrogen (secondary N) is 2. The molecular weight excluding hydrogens is 220 g/mol. The summed E-state index contributed by atoms with van der Waals surface area (Å²) in [4.78, 5) is 0. The molecule has 0 bridgehead atoms. The van der Waals surface area contributed by atoms with Crippen molar-refractivity contribution in [3.05, 3.63) is 0 Å². The average Bonchev–Trinajstić information content (AvgIpc) is 2.41. The summed E-state index contributed by atoms with van der Waals surface area (Å²) in [5.41, 5.74) is 0. The number of hydrogen-bond acceptors (Lipinski definition) is 3. The van der Waals surface area contributed by atoms with Gasteiger partial charge in [-0.3, -0.25) is 0 Å². The Labute approximate surface area is 102 Å². The van der Waals surface area contributed by atoms with Crippen LogP contribution in [0.4, 0.5) is 0 Å². The summed E-state index contributed by atoms with van der Waals surface area (Å²) in [6, 6.07) is 0. The van der Waals surface area contributed by atoms with E-state index >= 15 is 0 Å². The van der Waals surface area contributed by atoms with Gasteiger partial charge in [0.1, 0.15) is 0 Å². The van der Waals surface area contributed by atoms with Crippen LogP contribution in [0.25, 0.3) is 0 Å². The SMILES string of the molecule is CC(C)(C)S(C)(C)OCC1CNCCNC1. The number of hydrogen-bond donors (Lipinski definition) is 2. The van der Waals surface area contributed by atoms with E-state index in [0.717, 1.165) is 32.8 Å². The highest BCUT2D eigenvalue weighted by Crippen LogP contribution is 2.53. The van der Waals surface area contributed by atoms with Crippen LogP contribution in [0.1, 0.15) is 20.8 Å². The van der Waals surface area contributed by atoms with Crippen molar-refractivity contribution in [2.45, 2.75) is 25.5 Å². The first kappa shape index (κ1) is 14.3. The molecule has 1 aliphatic heterocycles. The molecule has 0 aromatic heterocycles. The lowest BCUT2D eigenvalue weighted by Gasteiger charge is -2.44. The van der Waals surface area contributed by atoms with E-state index in [1.54, 1.807) is 0 Å². The zero-order valence-corrected chi connectivity index (χ0v) is 12.2. The molecule has 1 heterocycles. The van der Waals surface area contributed by atoms with Crippen LogP contribution in [0, 0.1) is 5.92 Å². The van der Waals surface area contributed by atoms with Gasteiger partial charge in [0.25, 0.3) is 0 Å². The molecule has 2 N–H and O–H groups in total. The average molecular weight is 248 g/mol. The molecule has 0 aromatic rings. The second-order valence-electron chi connectivity index (χ2n) is 5.90. The number of rotatable bonds is 3. The highest BCUT2D eigenvalue weighted by atomic mass is 32.3. The maximum atomic E-state index is 6.19. The zero-order valence-electron chi connectivity index (χ0n) is 11.4. The van der Waals surface area contributed by atoms with Crippen LogP contribution in [-0.4, -0.2) is 50.0 Å². The van der Waals surface area contributed by atoms with Crippen LogP contribution in [0.15, 0.2) is 0 Å². The fraction of sp³-hybridized carbons (Fsp3) is 1.00. The normalized spacial score (nSPS) is 21.8. The van der Waals surface area contributed by atoms with Gasteiger partial charge in [-0.15, -0.1) is 10.3 Å². The lowest BCUT2D eigenvalue weighted by atomic mass is 10.2. The zero-order chi connectivity index (χ0) is 12.2. The quantitative estimate of drug-likeness (QED) is 0.796. The van der Waals surface area contributed by atoms with E-state index < -0.39 is 10.3 Å². The van der Waals surface area contributed by atoms with Crippen LogP contribution in [-0.2, 0) is 4.18 Å². The second kappa shape index (κ2) is 5.71. The molecule has 0 aromatic carbocycles. The maximum absolute atomic E-state index is 6.19. The van der Waals surface area contributed by atoms with Gasteiger partial charge in [-0.2, -0.15) is 0 Å². The van der Waals surface area contributed by atoms with Crippen LogP contribution >= 0.6 is 10.3 Å². The van der Waals surface area contributed by atoms with Crippen LogP contribution in [0.3, 0.4) is 0 Å². The molecule has 1 rings (SSSR count). The van der Waals surface area contributed by atoms with E-state index in [-0.39, 0.29) is 4.75 Å². The van der Waals surface area contributed by atoms with Crippen LogP contribution in [0.5, 0.6) is 0 Å². The van der Waals surface area contributed by atoms with E-state index in [4.69, 9.17) is 4.18 Å². The van der Waals surface area contributed by atoms with Gasteiger partial charge in [-0.05, 0) is 12.5 Å². The molecule has 0 radical (unpaired) electrons. The molecular formula is C12H28N2OS. The van der Waals surface area contributed by atoms with Gasteiger partial charge in [-0.1, -0.05) is 20.8 Å². The standard InChI is InChI=1S/C12H28N2OS/c1-12(2,3)16(4,5)15-10-11-8-13-6-7-14-9-11/h11,13-14H,6-10H2,1-5H3. The molecule has 1 aliphatic rings. The predicted molar refractivity (Wildman–Crippen MR) is 74.4 cm³/mol. The second-order valence-corrected chi connectivity index (χ2v) is 9.83. The van der Waals surface area contributed by atoms with Crippen molar-refractivity contribution in [3.63, 3.8) is 0 Å². The highest BCUT2D eigenvalue weighted by molar-refractivity contribution is 8.29. The Kier molecular flexibility index (Phi) is 5.10. The molecule has 0 atom stereocenters. The molecule has 0 spiro atoms. The first-order chi connectivity index (χ1) is 7.33. The van der Waals surface area contributed by atoms with E-state index in [1.807, 2.05) is 0 Å². The van der Waals surface area contributed by atoms with Gasteiger partial charge in [-0.25, -0.2) is 0 Å². The largest absolute Gasteiger partial charge is 0.336 e. The van der Waals surface area contributed by atoms with Gasteiger partial charge in [0.2, 0.25) is 0 Å². The summed E-state index contributed by atoms with van der Waals surface area (Å²) < 4.78 is 6.45. The molecule has 4 heteroatoms. The first-order valence-corrected chi connectivity index (χ1v) is 8.49. The summed E-state index contributed by atoms with van der Waals surface area (Å²) >= 11 is 0. The van der Waals surface area contributed by atoms with Gasteiger partial charge in [0.05, 0.1) is 6.61 Å². The van der Waals surface area contributed by atoms with Crippen molar-refractivity contribution in [3.8, 4) is 0 Å². The highest BCUT2D eigenvalue weighted by Gasteiger charge is 2.29. The minimum atomic E-state index is -0.965. The Morgan fingerprint density at radius 1 is 1.12 bits per heavy atom. The smallest absolute Gasteiger partial charge is 0.0644 e. The van der Waals surface area contributed by atoms with Crippen LogP contribution in [0.2, 0.25) is 0 Å². The molecule has 16 heavy (non-hydrogen) atoms. The minimum Gasteiger partial charge on any atom is -0.336 e. The van der Waals surface area contributed by atoms with Crippen molar-refractivity contribution in [2.75, 3.05) is 45.3 Å². The lowest BCUT2D eigenvalue weighted by molar-refractivity contribution is 0.270. The third-order valence-electron chi connectivity index (χ3n) is 3.42. The van der Waals surface area contributed by atoms with Gasteiger partial charge in [0.15, 0.2) is 0 Å². The van der Waals surface area contributed by atoms with Crippen molar-refractivity contribution < 1.29 is 4.18 Å². The van der Waals surface area contributed by atoms with Crippen molar-refractivity contribution >= 4 is 10.3 Å². The van der Waals surface area contributed by atoms with Crippen molar-refractivity contribution in [1.29, 1.82) is 0 Å². The summed E-state index contributed by atoms with van der Waals surface area (Å²) in [6.45, 7) is 12.0. The fourth-order valence-corrected chi connectivity index (χ4v) is 2.31. The predicted octanol–water partition coefficient (Wildman–Crippen LogP) is 1.59. The Hall–Kier alpha value is 0.230. The maximum Gasteiger partial charge on any atom is 0.0644 e. The fourth-order valence-electron chi connectivity index (χ4n) is 1.42. The van der Waals surface area contributed by atoms with Gasteiger partial charge < -0.3 is 14.8 Å². The molecule has 0 unspecified atom stereocenters. The Morgan fingerprint density at radius 2 is 1.62 bits per heavy atom. The summed E-state index contributed by atoms with van der Waals surface area (Å²) in [6.07, 6.45) is 4.54. The van der Waals surface area contributed by atoms with Gasteiger partial charge >= 0.3 is 0 Å². The van der Waals surface area contributed by atoms with Crippen LogP contribution < -0.4 is 10.6 Å². The third-order valence-corrected chi connectivity index (χ3v) is 7.09. The molecule has 0 saturated carbocycles. The first-order valence-electron chi connectivity index (χ1n) is 6.11. The molecule has 3 nitrogen and oxygen atoms in total. The summed E-state index contributed by atoms with van der Waals surface area (Å²) in [5, 5.41) is 6.88. The molecule has 0 amide bonds. The van der Waals surface area contributed by atoms with Gasteiger partial charge in [0, 0.05) is 36.8 Å². The minimum absolute atomic E-state index is 0.262.